The molecule has 0 bridgehead atoms. The number of thiazole rings is 1. The number of ether oxygens (including phenoxy) is 1. The van der Waals surface area contributed by atoms with Crippen LogP contribution >= 0.6 is 22.9 Å². The van der Waals surface area contributed by atoms with Crippen LogP contribution in [0.3, 0.4) is 0 Å². The van der Waals surface area contributed by atoms with Crippen molar-refractivity contribution in [1.82, 2.24) is 30.2 Å². The smallest absolute Gasteiger partial charge is 0.253 e. The molecule has 4 rings (SSSR count). The van der Waals surface area contributed by atoms with Crippen LogP contribution in [0.1, 0.15) is 24.4 Å². The lowest BCUT2D eigenvalue weighted by Gasteiger charge is -2.14. The number of methoxy groups -OCH3 is 1. The van der Waals surface area contributed by atoms with Gasteiger partial charge < -0.3 is 15.0 Å². The number of pyridine rings is 1. The maximum absolute atomic E-state index is 12.6. The SMILES string of the molecule is COc1cc2[nH]c(=O)c([C@H](C)Nc3ncc(-n4nnnc4C)s3)cc2cc1Cl. The highest BCUT2D eigenvalue weighted by molar-refractivity contribution is 7.17. The summed E-state index contributed by atoms with van der Waals surface area (Å²) in [4.78, 5) is 19.8. The molecule has 3 heterocycles. The number of tetrazole rings is 1. The van der Waals surface area contributed by atoms with E-state index in [1.807, 2.05) is 19.9 Å². The van der Waals surface area contributed by atoms with Crippen molar-refractivity contribution in [3.63, 3.8) is 0 Å². The number of aromatic nitrogens is 6. The van der Waals surface area contributed by atoms with Gasteiger partial charge in [0.05, 0.1) is 29.9 Å². The molecule has 0 fully saturated rings. The van der Waals surface area contributed by atoms with Gasteiger partial charge in [0.25, 0.3) is 5.56 Å². The second-order valence-corrected chi connectivity index (χ2v) is 7.55. The van der Waals surface area contributed by atoms with Gasteiger partial charge in [-0.1, -0.05) is 22.9 Å². The number of aryl methyl sites for hydroxylation is 1. The number of nitrogens with zero attached hydrogens (tertiary/aromatic N) is 5. The van der Waals surface area contributed by atoms with Crippen LogP contribution in [0, 0.1) is 6.92 Å². The first kappa shape index (κ1) is 18.4. The van der Waals surface area contributed by atoms with Gasteiger partial charge in [-0.2, -0.15) is 4.68 Å². The summed E-state index contributed by atoms with van der Waals surface area (Å²) in [5, 5.41) is 17.4. The Labute approximate surface area is 168 Å². The zero-order valence-electron chi connectivity index (χ0n) is 15.2. The summed E-state index contributed by atoms with van der Waals surface area (Å²) in [6.07, 6.45) is 1.68. The fourth-order valence-electron chi connectivity index (χ4n) is 2.83. The minimum Gasteiger partial charge on any atom is -0.495 e. The number of hydrogen-bond acceptors (Lipinski definition) is 8. The number of benzene rings is 1. The number of halogens is 1. The molecule has 144 valence electrons. The summed E-state index contributed by atoms with van der Waals surface area (Å²) in [6.45, 7) is 3.70. The third-order valence-corrected chi connectivity index (χ3v) is 5.48. The van der Waals surface area contributed by atoms with Crippen LogP contribution in [0.2, 0.25) is 5.02 Å². The van der Waals surface area contributed by atoms with Gasteiger partial charge in [-0.3, -0.25) is 4.79 Å². The Kier molecular flexibility index (Phi) is 4.73. The van der Waals surface area contributed by atoms with Gasteiger partial charge >= 0.3 is 0 Å². The number of hydrogen-bond donors (Lipinski definition) is 2. The summed E-state index contributed by atoms with van der Waals surface area (Å²) in [5.41, 5.74) is 1.04. The predicted molar refractivity (Wildman–Crippen MR) is 108 cm³/mol. The third kappa shape index (κ3) is 3.32. The maximum Gasteiger partial charge on any atom is 0.253 e. The molecule has 3 aromatic heterocycles. The Morgan fingerprint density at radius 2 is 2.18 bits per heavy atom. The summed E-state index contributed by atoms with van der Waals surface area (Å²) in [5.74, 6) is 1.18. The fraction of sp³-hybridized carbons (Fsp3) is 0.235. The lowest BCUT2D eigenvalue weighted by molar-refractivity contribution is 0.415. The van der Waals surface area contributed by atoms with Gasteiger partial charge in [0.1, 0.15) is 10.8 Å². The molecule has 1 aromatic carbocycles. The van der Waals surface area contributed by atoms with Crippen LogP contribution in [0.5, 0.6) is 5.75 Å². The standard InChI is InChI=1S/C17H16ClN7O2S/c1-8(20-17-19-7-15(28-17)25-9(2)22-23-24-25)11-4-10-5-12(18)14(27-3)6-13(10)21-16(11)26/h4-8H,1-3H3,(H,19,20)(H,21,26)/t8-/m0/s1. The highest BCUT2D eigenvalue weighted by Gasteiger charge is 2.15. The molecule has 0 unspecified atom stereocenters. The van der Waals surface area contributed by atoms with Crippen molar-refractivity contribution in [2.24, 2.45) is 0 Å². The highest BCUT2D eigenvalue weighted by Crippen LogP contribution is 2.30. The monoisotopic (exact) mass is 417 g/mol. The van der Waals surface area contributed by atoms with E-state index < -0.39 is 0 Å². The quantitative estimate of drug-likeness (QED) is 0.513. The molecule has 28 heavy (non-hydrogen) atoms. The van der Waals surface area contributed by atoms with E-state index in [0.717, 1.165) is 10.4 Å². The van der Waals surface area contributed by atoms with Gasteiger partial charge in [-0.05, 0) is 36.4 Å². The topological polar surface area (TPSA) is 111 Å². The van der Waals surface area contributed by atoms with E-state index in [-0.39, 0.29) is 11.6 Å². The molecule has 0 aliphatic rings. The largest absolute Gasteiger partial charge is 0.495 e. The number of aromatic amines is 1. The molecule has 11 heteroatoms. The molecular weight excluding hydrogens is 402 g/mol. The lowest BCUT2D eigenvalue weighted by atomic mass is 10.1. The number of rotatable bonds is 5. The zero-order valence-corrected chi connectivity index (χ0v) is 16.8. The normalized spacial score (nSPS) is 12.3. The van der Waals surface area contributed by atoms with Crippen molar-refractivity contribution >= 4 is 39.0 Å². The van der Waals surface area contributed by atoms with Gasteiger partial charge in [-0.25, -0.2) is 4.98 Å². The van der Waals surface area contributed by atoms with Gasteiger partial charge in [0.2, 0.25) is 0 Å². The molecule has 2 N–H and O–H groups in total. The summed E-state index contributed by atoms with van der Waals surface area (Å²) in [7, 11) is 1.53. The molecule has 9 nitrogen and oxygen atoms in total. The maximum atomic E-state index is 12.6. The van der Waals surface area contributed by atoms with Crippen LogP contribution in [0.4, 0.5) is 5.13 Å². The average Bonchev–Trinajstić information content (AvgIpc) is 3.29. The first-order valence-corrected chi connectivity index (χ1v) is 9.54. The van der Waals surface area contributed by atoms with Gasteiger partial charge in [0, 0.05) is 17.0 Å². The predicted octanol–water partition coefficient (Wildman–Crippen LogP) is 3.10. The van der Waals surface area contributed by atoms with Crippen molar-refractivity contribution in [3.8, 4) is 10.8 Å². The molecule has 0 radical (unpaired) electrons. The van der Waals surface area contributed by atoms with E-state index >= 15 is 0 Å². The molecule has 4 aromatic rings. The molecule has 0 aliphatic carbocycles. The number of fused-ring (bicyclic) bond motifs is 1. The minimum atomic E-state index is -0.275. The third-order valence-electron chi connectivity index (χ3n) is 4.28. The molecule has 1 atom stereocenters. The van der Waals surface area contributed by atoms with E-state index in [1.165, 1.54) is 18.4 Å². The van der Waals surface area contributed by atoms with Crippen LogP contribution in [-0.4, -0.2) is 37.3 Å². The first-order valence-electron chi connectivity index (χ1n) is 8.34. The molecular formula is C17H16ClN7O2S. The number of anilines is 1. The number of H-pyrrole nitrogens is 1. The second kappa shape index (κ2) is 7.21. The van der Waals surface area contributed by atoms with Crippen molar-refractivity contribution in [1.29, 1.82) is 0 Å². The van der Waals surface area contributed by atoms with E-state index in [0.29, 0.717) is 32.8 Å². The number of nitrogens with one attached hydrogen (secondary N) is 2. The van der Waals surface area contributed by atoms with E-state index in [4.69, 9.17) is 16.3 Å². The van der Waals surface area contributed by atoms with Crippen molar-refractivity contribution in [2.75, 3.05) is 12.4 Å². The summed E-state index contributed by atoms with van der Waals surface area (Å²) < 4.78 is 6.80. The zero-order chi connectivity index (χ0) is 19.8. The van der Waals surface area contributed by atoms with E-state index in [9.17, 15) is 4.79 Å². The Morgan fingerprint density at radius 3 is 2.89 bits per heavy atom. The Hall–Kier alpha value is -2.98. The summed E-state index contributed by atoms with van der Waals surface area (Å²) in [6, 6.07) is 5.02. The second-order valence-electron chi connectivity index (χ2n) is 6.14. The van der Waals surface area contributed by atoms with Gasteiger partial charge in [0.15, 0.2) is 11.0 Å². The Bertz CT molecular complexity index is 1220. The molecule has 0 aliphatic heterocycles. The van der Waals surface area contributed by atoms with Crippen molar-refractivity contribution < 1.29 is 4.74 Å². The average molecular weight is 418 g/mol. The Morgan fingerprint density at radius 1 is 1.36 bits per heavy atom. The van der Waals surface area contributed by atoms with Gasteiger partial charge in [-0.15, -0.1) is 5.10 Å². The first-order chi connectivity index (χ1) is 13.5. The van der Waals surface area contributed by atoms with Crippen molar-refractivity contribution in [2.45, 2.75) is 19.9 Å². The van der Waals surface area contributed by atoms with Crippen molar-refractivity contribution in [3.05, 3.63) is 51.2 Å². The van der Waals surface area contributed by atoms with Crippen LogP contribution < -0.4 is 15.6 Å². The Balaban J connectivity index is 1.63. The minimum absolute atomic E-state index is 0.190. The molecule has 0 spiro atoms. The lowest BCUT2D eigenvalue weighted by Crippen LogP contribution is -2.19. The van der Waals surface area contributed by atoms with Crippen LogP contribution in [0.15, 0.2) is 29.2 Å². The van der Waals surface area contributed by atoms with E-state index in [1.54, 1.807) is 23.0 Å². The molecule has 0 saturated carbocycles. The summed E-state index contributed by atoms with van der Waals surface area (Å²) >= 11 is 7.60. The van der Waals surface area contributed by atoms with Crippen LogP contribution in [0.25, 0.3) is 15.9 Å². The highest BCUT2D eigenvalue weighted by atomic mass is 35.5. The fourth-order valence-corrected chi connectivity index (χ4v) is 3.98. The molecule has 0 saturated heterocycles. The van der Waals surface area contributed by atoms with Crippen LogP contribution in [-0.2, 0) is 0 Å². The molecule has 0 amide bonds. The van der Waals surface area contributed by atoms with E-state index in [2.05, 4.69) is 30.8 Å².